The van der Waals surface area contributed by atoms with E-state index in [4.69, 9.17) is 5.73 Å². The van der Waals surface area contributed by atoms with Gasteiger partial charge in [-0.3, -0.25) is 9.59 Å². The van der Waals surface area contributed by atoms with Crippen LogP contribution in [0.5, 0.6) is 0 Å². The molecule has 1 fully saturated rings. The summed E-state index contributed by atoms with van der Waals surface area (Å²) in [6.45, 7) is 3.31. The quantitative estimate of drug-likeness (QED) is 0.885. The summed E-state index contributed by atoms with van der Waals surface area (Å²) in [5.74, 6) is 0.538. The number of nitrogens with two attached hydrogens (primary N) is 1. The number of carbonyl (C=O) groups is 2. The van der Waals surface area contributed by atoms with Crippen LogP contribution in [-0.4, -0.2) is 39.8 Å². The summed E-state index contributed by atoms with van der Waals surface area (Å²) in [5, 5.41) is 2.00. The Balaban J connectivity index is 1.63. The third kappa shape index (κ3) is 4.63. The fourth-order valence-corrected chi connectivity index (χ4v) is 3.98. The smallest absolute Gasteiger partial charge is 0.267 e. The van der Waals surface area contributed by atoms with Gasteiger partial charge in [-0.05, 0) is 49.6 Å². The molecule has 0 radical (unpaired) electrons. The molecule has 0 saturated carbocycles. The molecule has 2 aromatic heterocycles. The highest BCUT2D eigenvalue weighted by molar-refractivity contribution is 7.10. The molecule has 25 heavy (non-hydrogen) atoms. The van der Waals surface area contributed by atoms with Gasteiger partial charge in [0.25, 0.3) is 5.91 Å². The Kier molecular flexibility index (Phi) is 5.43. The van der Waals surface area contributed by atoms with Crippen molar-refractivity contribution in [3.8, 4) is 0 Å². The van der Waals surface area contributed by atoms with Gasteiger partial charge in [0, 0.05) is 23.7 Å². The molecule has 3 heterocycles. The lowest BCUT2D eigenvalue weighted by Gasteiger charge is -2.32. The molecule has 1 saturated heterocycles. The van der Waals surface area contributed by atoms with Crippen molar-refractivity contribution in [1.82, 2.24) is 14.9 Å². The lowest BCUT2D eigenvalue weighted by molar-refractivity contribution is -0.132. The molecule has 0 aliphatic carbocycles. The normalized spacial score (nSPS) is 17.5. The minimum Gasteiger partial charge on any atom is -0.364 e. The van der Waals surface area contributed by atoms with Crippen LogP contribution in [0.1, 0.15) is 39.7 Å². The zero-order valence-electron chi connectivity index (χ0n) is 14.3. The molecule has 132 valence electrons. The number of hydrogen-bond donors (Lipinski definition) is 1. The molecular formula is C18H22N4O2S. The maximum absolute atomic E-state index is 12.5. The SMILES string of the molecule is Cc1nc(C[C@@H]2CCCN(C(=O)Cc3cccs3)C2)cc(C(N)=O)n1. The summed E-state index contributed by atoms with van der Waals surface area (Å²) in [6, 6.07) is 5.64. The van der Waals surface area contributed by atoms with Crippen LogP contribution in [0.15, 0.2) is 23.6 Å². The molecule has 3 rings (SSSR count). The highest BCUT2D eigenvalue weighted by atomic mass is 32.1. The molecule has 2 aromatic rings. The average molecular weight is 358 g/mol. The number of piperidine rings is 1. The van der Waals surface area contributed by atoms with Gasteiger partial charge >= 0.3 is 0 Å². The number of hydrogen-bond acceptors (Lipinski definition) is 5. The van der Waals surface area contributed by atoms with Gasteiger partial charge in [0.15, 0.2) is 0 Å². The molecule has 1 aliphatic rings. The van der Waals surface area contributed by atoms with Gasteiger partial charge in [-0.2, -0.15) is 0 Å². The second-order valence-electron chi connectivity index (χ2n) is 6.46. The molecule has 2 amide bonds. The molecule has 0 spiro atoms. The van der Waals surface area contributed by atoms with Crippen LogP contribution in [0.4, 0.5) is 0 Å². The van der Waals surface area contributed by atoms with Crippen LogP contribution in [0.25, 0.3) is 0 Å². The Bertz CT molecular complexity index is 760. The van der Waals surface area contributed by atoms with Gasteiger partial charge in [-0.25, -0.2) is 9.97 Å². The second-order valence-corrected chi connectivity index (χ2v) is 7.50. The Hall–Kier alpha value is -2.28. The number of nitrogens with zero attached hydrogens (tertiary/aromatic N) is 3. The molecule has 7 heteroatoms. The highest BCUT2D eigenvalue weighted by Crippen LogP contribution is 2.22. The number of aryl methyl sites for hydroxylation is 1. The van der Waals surface area contributed by atoms with Gasteiger partial charge in [0.1, 0.15) is 11.5 Å². The summed E-state index contributed by atoms with van der Waals surface area (Å²) in [6.07, 6.45) is 3.25. The summed E-state index contributed by atoms with van der Waals surface area (Å²) < 4.78 is 0. The molecular weight excluding hydrogens is 336 g/mol. The number of likely N-dealkylation sites (tertiary alicyclic amines) is 1. The molecule has 6 nitrogen and oxygen atoms in total. The molecule has 2 N–H and O–H groups in total. The van der Waals surface area contributed by atoms with Crippen LogP contribution in [0, 0.1) is 12.8 Å². The summed E-state index contributed by atoms with van der Waals surface area (Å²) >= 11 is 1.62. The van der Waals surface area contributed by atoms with Gasteiger partial charge in [-0.1, -0.05) is 6.07 Å². The maximum Gasteiger partial charge on any atom is 0.267 e. The van der Waals surface area contributed by atoms with Gasteiger partial charge in [0.05, 0.1) is 6.42 Å². The van der Waals surface area contributed by atoms with E-state index in [0.717, 1.165) is 42.9 Å². The minimum atomic E-state index is -0.539. The Morgan fingerprint density at radius 2 is 2.24 bits per heavy atom. The van der Waals surface area contributed by atoms with Gasteiger partial charge < -0.3 is 10.6 Å². The molecule has 0 bridgehead atoms. The van der Waals surface area contributed by atoms with E-state index in [1.807, 2.05) is 22.4 Å². The van der Waals surface area contributed by atoms with Gasteiger partial charge in [0.2, 0.25) is 5.91 Å². The van der Waals surface area contributed by atoms with E-state index in [1.165, 1.54) is 0 Å². The zero-order valence-corrected chi connectivity index (χ0v) is 15.1. The van der Waals surface area contributed by atoms with Crippen molar-refractivity contribution in [2.75, 3.05) is 13.1 Å². The van der Waals surface area contributed by atoms with Crippen molar-refractivity contribution in [3.05, 3.63) is 45.7 Å². The van der Waals surface area contributed by atoms with Crippen LogP contribution >= 0.6 is 11.3 Å². The van der Waals surface area contributed by atoms with E-state index >= 15 is 0 Å². The lowest BCUT2D eigenvalue weighted by Crippen LogP contribution is -2.41. The van der Waals surface area contributed by atoms with E-state index in [0.29, 0.717) is 18.2 Å². The minimum absolute atomic E-state index is 0.184. The van der Waals surface area contributed by atoms with Crippen LogP contribution in [-0.2, 0) is 17.6 Å². The van der Waals surface area contributed by atoms with E-state index in [2.05, 4.69) is 9.97 Å². The first-order valence-electron chi connectivity index (χ1n) is 8.46. The first kappa shape index (κ1) is 17.5. The predicted molar refractivity (Wildman–Crippen MR) is 96.3 cm³/mol. The van der Waals surface area contributed by atoms with Crippen molar-refractivity contribution in [2.45, 2.75) is 32.6 Å². The summed E-state index contributed by atoms with van der Waals surface area (Å²) in [5.41, 5.74) is 6.40. The van der Waals surface area contributed by atoms with E-state index in [1.54, 1.807) is 24.3 Å². The van der Waals surface area contributed by atoms with Crippen molar-refractivity contribution in [3.63, 3.8) is 0 Å². The second kappa shape index (κ2) is 7.74. The number of primary amides is 1. The fourth-order valence-electron chi connectivity index (χ4n) is 3.29. The lowest BCUT2D eigenvalue weighted by atomic mass is 9.93. The zero-order chi connectivity index (χ0) is 17.8. The first-order chi connectivity index (χ1) is 12.0. The van der Waals surface area contributed by atoms with Crippen molar-refractivity contribution in [2.24, 2.45) is 11.7 Å². The van der Waals surface area contributed by atoms with Crippen LogP contribution < -0.4 is 5.73 Å². The molecule has 1 aliphatic heterocycles. The predicted octanol–water partition coefficient (Wildman–Crippen LogP) is 1.97. The van der Waals surface area contributed by atoms with Gasteiger partial charge in [-0.15, -0.1) is 11.3 Å². The fraction of sp³-hybridized carbons (Fsp3) is 0.444. The van der Waals surface area contributed by atoms with Crippen molar-refractivity contribution >= 4 is 23.2 Å². The molecule has 0 unspecified atom stereocenters. The average Bonchev–Trinajstić information content (AvgIpc) is 3.07. The number of aromatic nitrogens is 2. The molecule has 0 aromatic carbocycles. The Labute approximate surface area is 151 Å². The number of amides is 2. The van der Waals surface area contributed by atoms with Crippen molar-refractivity contribution < 1.29 is 9.59 Å². The maximum atomic E-state index is 12.5. The first-order valence-corrected chi connectivity index (χ1v) is 9.33. The van der Waals surface area contributed by atoms with Crippen molar-refractivity contribution in [1.29, 1.82) is 0 Å². The third-order valence-corrected chi connectivity index (χ3v) is 5.29. The van der Waals surface area contributed by atoms with E-state index < -0.39 is 5.91 Å². The Morgan fingerprint density at radius 3 is 2.96 bits per heavy atom. The molecule has 1 atom stereocenters. The number of rotatable bonds is 5. The third-order valence-electron chi connectivity index (χ3n) is 4.42. The summed E-state index contributed by atoms with van der Waals surface area (Å²) in [7, 11) is 0. The standard InChI is InChI=1S/C18H22N4O2S/c1-12-20-14(9-16(21-12)18(19)24)8-13-4-2-6-22(11-13)17(23)10-15-5-3-7-25-15/h3,5,7,9,13H,2,4,6,8,10-11H2,1H3,(H2,19,24)/t13-/m0/s1. The monoisotopic (exact) mass is 358 g/mol. The number of carbonyl (C=O) groups excluding carboxylic acids is 2. The summed E-state index contributed by atoms with van der Waals surface area (Å²) in [4.78, 5) is 35.4. The Morgan fingerprint density at radius 1 is 1.40 bits per heavy atom. The van der Waals surface area contributed by atoms with E-state index in [-0.39, 0.29) is 11.6 Å². The largest absolute Gasteiger partial charge is 0.364 e. The van der Waals surface area contributed by atoms with Crippen LogP contribution in [0.2, 0.25) is 0 Å². The highest BCUT2D eigenvalue weighted by Gasteiger charge is 2.24. The topological polar surface area (TPSA) is 89.2 Å². The van der Waals surface area contributed by atoms with E-state index in [9.17, 15) is 9.59 Å². The number of thiophene rings is 1. The van der Waals surface area contributed by atoms with Crippen LogP contribution in [0.3, 0.4) is 0 Å².